The van der Waals surface area contributed by atoms with Gasteiger partial charge in [0.2, 0.25) is 5.78 Å². The summed E-state index contributed by atoms with van der Waals surface area (Å²) in [4.78, 5) is 12.6. The lowest BCUT2D eigenvalue weighted by atomic mass is 10.0. The molecule has 19 heavy (non-hydrogen) atoms. The number of ether oxygens (including phenoxy) is 1. The topological polar surface area (TPSA) is 44.1 Å². The van der Waals surface area contributed by atoms with Crippen LogP contribution in [0, 0.1) is 0 Å². The molecule has 4 nitrogen and oxygen atoms in total. The fourth-order valence-corrected chi connectivity index (χ4v) is 2.68. The van der Waals surface area contributed by atoms with E-state index in [1.165, 1.54) is 17.5 Å². The van der Waals surface area contributed by atoms with Crippen molar-refractivity contribution in [3.63, 3.8) is 0 Å². The number of benzene rings is 1. The van der Waals surface area contributed by atoms with E-state index in [0.29, 0.717) is 17.0 Å². The van der Waals surface area contributed by atoms with E-state index in [1.807, 2.05) is 12.1 Å². The Bertz CT molecular complexity index is 644. The standard InChI is InChI=1S/C15H16N2O2/c1-17-14(13(19-2)9-16-17)15(18)12-7-6-10-4-3-5-11(10)8-12/h6-9H,3-5H2,1-2H3. The fourth-order valence-electron chi connectivity index (χ4n) is 2.68. The predicted octanol–water partition coefficient (Wildman–Crippen LogP) is 2.15. The first-order chi connectivity index (χ1) is 9.20. The van der Waals surface area contributed by atoms with E-state index < -0.39 is 0 Å². The van der Waals surface area contributed by atoms with E-state index in [0.717, 1.165) is 12.8 Å². The van der Waals surface area contributed by atoms with Gasteiger partial charge in [-0.05, 0) is 36.5 Å². The van der Waals surface area contributed by atoms with Crippen molar-refractivity contribution >= 4 is 5.78 Å². The molecule has 1 aliphatic rings. The van der Waals surface area contributed by atoms with E-state index in [9.17, 15) is 4.79 Å². The summed E-state index contributed by atoms with van der Waals surface area (Å²) in [5.41, 5.74) is 3.88. The van der Waals surface area contributed by atoms with Crippen molar-refractivity contribution in [3.05, 3.63) is 46.8 Å². The molecule has 0 N–H and O–H groups in total. The molecule has 98 valence electrons. The van der Waals surface area contributed by atoms with Crippen molar-refractivity contribution < 1.29 is 9.53 Å². The molecule has 1 aromatic carbocycles. The minimum absolute atomic E-state index is 0.0356. The molecule has 0 fully saturated rings. The smallest absolute Gasteiger partial charge is 0.214 e. The second kappa shape index (κ2) is 4.53. The molecule has 0 atom stereocenters. The first-order valence-corrected chi connectivity index (χ1v) is 6.43. The minimum atomic E-state index is -0.0356. The monoisotopic (exact) mass is 256 g/mol. The summed E-state index contributed by atoms with van der Waals surface area (Å²) in [5.74, 6) is 0.486. The fraction of sp³-hybridized carbons (Fsp3) is 0.333. The van der Waals surface area contributed by atoms with Crippen molar-refractivity contribution in [2.75, 3.05) is 7.11 Å². The molecule has 2 aromatic rings. The Morgan fingerprint density at radius 1 is 1.32 bits per heavy atom. The van der Waals surface area contributed by atoms with Crippen molar-refractivity contribution in [1.82, 2.24) is 9.78 Å². The van der Waals surface area contributed by atoms with Crippen molar-refractivity contribution in [3.8, 4) is 5.75 Å². The molecule has 4 heteroatoms. The van der Waals surface area contributed by atoms with Crippen LogP contribution in [0.2, 0.25) is 0 Å². The van der Waals surface area contributed by atoms with Gasteiger partial charge in [0.15, 0.2) is 11.4 Å². The normalized spacial score (nSPS) is 13.4. The van der Waals surface area contributed by atoms with E-state index in [1.54, 1.807) is 25.0 Å². The zero-order chi connectivity index (χ0) is 13.4. The first kappa shape index (κ1) is 12.0. The lowest BCUT2D eigenvalue weighted by Gasteiger charge is -2.06. The molecular weight excluding hydrogens is 240 g/mol. The number of fused-ring (bicyclic) bond motifs is 1. The number of rotatable bonds is 3. The minimum Gasteiger partial charge on any atom is -0.493 e. The largest absolute Gasteiger partial charge is 0.493 e. The molecule has 0 aliphatic heterocycles. The summed E-state index contributed by atoms with van der Waals surface area (Å²) in [6.45, 7) is 0. The highest BCUT2D eigenvalue weighted by Crippen LogP contribution is 2.26. The Morgan fingerprint density at radius 2 is 2.11 bits per heavy atom. The lowest BCUT2D eigenvalue weighted by molar-refractivity contribution is 0.102. The molecule has 1 aliphatic carbocycles. The van der Waals surface area contributed by atoms with Gasteiger partial charge in [-0.25, -0.2) is 0 Å². The highest BCUT2D eigenvalue weighted by molar-refractivity contribution is 6.09. The Kier molecular flexibility index (Phi) is 2.85. The third-order valence-corrected chi connectivity index (χ3v) is 3.70. The van der Waals surface area contributed by atoms with Gasteiger partial charge in [-0.1, -0.05) is 12.1 Å². The van der Waals surface area contributed by atoms with Crippen molar-refractivity contribution in [2.24, 2.45) is 7.05 Å². The summed E-state index contributed by atoms with van der Waals surface area (Å²) in [6.07, 6.45) is 4.94. The number of ketones is 1. The molecule has 1 heterocycles. The van der Waals surface area contributed by atoms with Crippen LogP contribution in [0.25, 0.3) is 0 Å². The first-order valence-electron chi connectivity index (χ1n) is 6.43. The van der Waals surface area contributed by atoms with Gasteiger partial charge in [0.25, 0.3) is 0 Å². The SMILES string of the molecule is COc1cnn(C)c1C(=O)c1ccc2c(c1)CCC2. The van der Waals surface area contributed by atoms with E-state index in [-0.39, 0.29) is 5.78 Å². The second-order valence-electron chi connectivity index (χ2n) is 4.85. The lowest BCUT2D eigenvalue weighted by Crippen LogP contribution is -2.10. The number of nitrogens with zero attached hydrogens (tertiary/aromatic N) is 2. The highest BCUT2D eigenvalue weighted by Gasteiger charge is 2.21. The molecule has 0 unspecified atom stereocenters. The molecule has 0 saturated carbocycles. The Morgan fingerprint density at radius 3 is 2.89 bits per heavy atom. The van der Waals surface area contributed by atoms with E-state index >= 15 is 0 Å². The van der Waals surface area contributed by atoms with Crippen LogP contribution in [0.4, 0.5) is 0 Å². The molecule has 1 aromatic heterocycles. The number of aryl methyl sites for hydroxylation is 3. The number of carbonyl (C=O) groups excluding carboxylic acids is 1. The van der Waals surface area contributed by atoms with Crippen LogP contribution in [-0.4, -0.2) is 22.7 Å². The predicted molar refractivity (Wildman–Crippen MR) is 71.7 cm³/mol. The highest BCUT2D eigenvalue weighted by atomic mass is 16.5. The van der Waals surface area contributed by atoms with Crippen molar-refractivity contribution in [2.45, 2.75) is 19.3 Å². The van der Waals surface area contributed by atoms with Gasteiger partial charge in [-0.15, -0.1) is 0 Å². The van der Waals surface area contributed by atoms with Gasteiger partial charge < -0.3 is 4.74 Å². The Balaban J connectivity index is 2.02. The third kappa shape index (κ3) is 1.93. The van der Waals surface area contributed by atoms with Crippen LogP contribution in [0.15, 0.2) is 24.4 Å². The molecule has 0 bridgehead atoms. The van der Waals surface area contributed by atoms with Gasteiger partial charge in [-0.2, -0.15) is 5.10 Å². The van der Waals surface area contributed by atoms with Crippen LogP contribution >= 0.6 is 0 Å². The van der Waals surface area contributed by atoms with E-state index in [2.05, 4.69) is 11.2 Å². The molecule has 0 radical (unpaired) electrons. The average Bonchev–Trinajstić information content (AvgIpc) is 3.02. The van der Waals surface area contributed by atoms with Crippen LogP contribution in [0.3, 0.4) is 0 Å². The molecule has 0 amide bonds. The maximum atomic E-state index is 12.6. The summed E-state index contributed by atoms with van der Waals surface area (Å²) in [7, 11) is 3.31. The quantitative estimate of drug-likeness (QED) is 0.790. The average molecular weight is 256 g/mol. The van der Waals surface area contributed by atoms with E-state index in [4.69, 9.17) is 4.74 Å². The summed E-state index contributed by atoms with van der Waals surface area (Å²) < 4.78 is 6.76. The van der Waals surface area contributed by atoms with Gasteiger partial charge in [0.05, 0.1) is 13.3 Å². The van der Waals surface area contributed by atoms with Crippen molar-refractivity contribution in [1.29, 1.82) is 0 Å². The number of hydrogen-bond donors (Lipinski definition) is 0. The van der Waals surface area contributed by atoms with Crippen LogP contribution < -0.4 is 4.74 Å². The summed E-state index contributed by atoms with van der Waals surface area (Å²) in [6, 6.07) is 5.98. The Labute approximate surface area is 112 Å². The summed E-state index contributed by atoms with van der Waals surface area (Å²) >= 11 is 0. The number of methoxy groups -OCH3 is 1. The third-order valence-electron chi connectivity index (χ3n) is 3.70. The Hall–Kier alpha value is -2.10. The van der Waals surface area contributed by atoms with Crippen LogP contribution in [-0.2, 0) is 19.9 Å². The molecule has 3 rings (SSSR count). The summed E-state index contributed by atoms with van der Waals surface area (Å²) in [5, 5.41) is 4.08. The zero-order valence-corrected chi connectivity index (χ0v) is 11.1. The van der Waals surface area contributed by atoms with Gasteiger partial charge in [-0.3, -0.25) is 9.48 Å². The van der Waals surface area contributed by atoms with Gasteiger partial charge >= 0.3 is 0 Å². The van der Waals surface area contributed by atoms with Crippen LogP contribution in [0.1, 0.15) is 33.6 Å². The molecular formula is C15H16N2O2. The molecule has 0 saturated heterocycles. The number of carbonyl (C=O) groups is 1. The maximum absolute atomic E-state index is 12.6. The maximum Gasteiger partial charge on any atom is 0.214 e. The second-order valence-corrected chi connectivity index (χ2v) is 4.85. The molecule has 0 spiro atoms. The van der Waals surface area contributed by atoms with Crippen LogP contribution in [0.5, 0.6) is 5.75 Å². The van der Waals surface area contributed by atoms with Gasteiger partial charge in [0, 0.05) is 12.6 Å². The number of hydrogen-bond acceptors (Lipinski definition) is 3. The number of aromatic nitrogens is 2. The van der Waals surface area contributed by atoms with Gasteiger partial charge in [0.1, 0.15) is 0 Å². The zero-order valence-electron chi connectivity index (χ0n) is 11.1.